The molecule has 1 N–H and O–H groups in total. The minimum Gasteiger partial charge on any atom is -0.382 e. The van der Waals surface area contributed by atoms with Gasteiger partial charge < -0.3 is 9.63 Å². The van der Waals surface area contributed by atoms with E-state index in [4.69, 9.17) is 9.51 Å². The number of benzene rings is 1. The zero-order chi connectivity index (χ0) is 25.5. The Labute approximate surface area is 205 Å². The first kappa shape index (κ1) is 22.8. The van der Waals surface area contributed by atoms with Gasteiger partial charge in [0.1, 0.15) is 22.9 Å². The second-order valence-corrected chi connectivity index (χ2v) is 10.6. The summed E-state index contributed by atoms with van der Waals surface area (Å²) in [6.45, 7) is 7.45. The summed E-state index contributed by atoms with van der Waals surface area (Å²) in [5, 5.41) is 22.9. The number of fused-ring (bicyclic) bond motifs is 5. The fourth-order valence-corrected chi connectivity index (χ4v) is 6.01. The van der Waals surface area contributed by atoms with Crippen LogP contribution in [0.1, 0.15) is 69.2 Å². The largest absolute Gasteiger partial charge is 0.382 e. The van der Waals surface area contributed by atoms with E-state index < -0.39 is 22.7 Å². The van der Waals surface area contributed by atoms with Crippen LogP contribution in [0.5, 0.6) is 0 Å². The second-order valence-electron chi connectivity index (χ2n) is 10.6. The molecule has 1 fully saturated rings. The van der Waals surface area contributed by atoms with Gasteiger partial charge in [0.2, 0.25) is 5.82 Å². The zero-order valence-electron chi connectivity index (χ0n) is 20.3. The van der Waals surface area contributed by atoms with Crippen molar-refractivity contribution in [2.75, 3.05) is 0 Å². The Kier molecular flexibility index (Phi) is 4.70. The van der Waals surface area contributed by atoms with Crippen LogP contribution in [0.25, 0.3) is 22.8 Å². The van der Waals surface area contributed by atoms with Gasteiger partial charge in [-0.15, -0.1) is 5.10 Å². The smallest absolute Gasteiger partial charge is 0.278 e. The van der Waals surface area contributed by atoms with Gasteiger partial charge in [-0.2, -0.15) is 10.1 Å². The molecule has 36 heavy (non-hydrogen) atoms. The van der Waals surface area contributed by atoms with Crippen LogP contribution in [0.2, 0.25) is 0 Å². The van der Waals surface area contributed by atoms with Crippen molar-refractivity contribution in [2.24, 2.45) is 5.41 Å². The summed E-state index contributed by atoms with van der Waals surface area (Å²) in [4.78, 5) is 13.6. The third kappa shape index (κ3) is 3.00. The van der Waals surface area contributed by atoms with E-state index in [1.807, 2.05) is 0 Å². The molecule has 3 aromatic heterocycles. The molecule has 4 aromatic rings. The Bertz CT molecular complexity index is 1490. The summed E-state index contributed by atoms with van der Waals surface area (Å²) in [5.74, 6) is -0.948. The molecule has 0 aliphatic heterocycles. The molecular weight excluding hydrogens is 466 g/mol. The molecule has 8 nitrogen and oxygen atoms in total. The van der Waals surface area contributed by atoms with Gasteiger partial charge in [0.15, 0.2) is 0 Å². The lowest BCUT2D eigenvalue weighted by molar-refractivity contribution is 0.0661. The van der Waals surface area contributed by atoms with Crippen LogP contribution in [0.3, 0.4) is 0 Å². The highest BCUT2D eigenvalue weighted by atomic mass is 19.1. The Hall–Kier alpha value is -3.66. The lowest BCUT2D eigenvalue weighted by Gasteiger charge is -2.37. The molecule has 0 saturated heterocycles. The van der Waals surface area contributed by atoms with E-state index in [9.17, 15) is 13.9 Å². The molecule has 1 saturated carbocycles. The van der Waals surface area contributed by atoms with Crippen molar-refractivity contribution in [3.8, 4) is 22.8 Å². The quantitative estimate of drug-likeness (QED) is 0.439. The number of aliphatic hydroxyl groups is 1. The Morgan fingerprint density at radius 2 is 1.81 bits per heavy atom. The molecule has 2 aliphatic rings. The topological polar surface area (TPSA) is 111 Å². The van der Waals surface area contributed by atoms with Gasteiger partial charge in [-0.05, 0) is 61.8 Å². The fraction of sp³-hybridized carbons (Fsp3) is 0.385. The maximum Gasteiger partial charge on any atom is 0.278 e. The van der Waals surface area contributed by atoms with E-state index in [1.165, 1.54) is 24.4 Å². The van der Waals surface area contributed by atoms with Crippen molar-refractivity contribution in [3.63, 3.8) is 0 Å². The second kappa shape index (κ2) is 7.42. The highest BCUT2D eigenvalue weighted by Gasteiger charge is 2.65. The summed E-state index contributed by atoms with van der Waals surface area (Å²) in [6, 6.07) is 5.52. The van der Waals surface area contributed by atoms with E-state index in [2.05, 4.69) is 39.2 Å². The van der Waals surface area contributed by atoms with E-state index >= 15 is 0 Å². The van der Waals surface area contributed by atoms with Gasteiger partial charge in [-0.25, -0.2) is 13.8 Å². The lowest BCUT2D eigenvalue weighted by Crippen LogP contribution is -2.38. The average molecular weight is 491 g/mol. The molecule has 3 heterocycles. The van der Waals surface area contributed by atoms with Gasteiger partial charge in [-0.3, -0.25) is 4.98 Å². The number of halogens is 2. The van der Waals surface area contributed by atoms with Crippen LogP contribution < -0.4 is 0 Å². The summed E-state index contributed by atoms with van der Waals surface area (Å²) < 4.78 is 34.3. The number of hydrogen-bond donors (Lipinski definition) is 1. The predicted molar refractivity (Wildman–Crippen MR) is 124 cm³/mol. The van der Waals surface area contributed by atoms with Crippen LogP contribution in [0.15, 0.2) is 41.2 Å². The molecule has 0 radical (unpaired) electrons. The van der Waals surface area contributed by atoms with Crippen LogP contribution in [0, 0.1) is 17.0 Å². The lowest BCUT2D eigenvalue weighted by atomic mass is 9.66. The zero-order valence-corrected chi connectivity index (χ0v) is 20.3. The Morgan fingerprint density at radius 1 is 1.06 bits per heavy atom. The van der Waals surface area contributed by atoms with Crippen molar-refractivity contribution in [2.45, 2.75) is 57.5 Å². The highest BCUT2D eigenvalue weighted by molar-refractivity contribution is 5.64. The minimum absolute atomic E-state index is 0.104. The molecule has 6 rings (SSSR count). The standard InChI is InChI=1S/C26H24F2N6O2/c1-24(2)14-8-9-26(24,19-12-29-11-18(30-19)22-31-23(34-36-22)25(3,4)35)21-13(14)10-17(32-33-21)20-15(27)6-5-7-16(20)28/h5-7,10-12,14,35H,8-9H2,1-4H3/t14?,26-/m0/s1. The van der Waals surface area contributed by atoms with Crippen molar-refractivity contribution in [1.29, 1.82) is 0 Å². The number of nitrogens with zero attached hydrogens (tertiary/aromatic N) is 6. The molecule has 184 valence electrons. The van der Waals surface area contributed by atoms with Crippen LogP contribution in [-0.2, 0) is 11.0 Å². The van der Waals surface area contributed by atoms with Crippen LogP contribution in [0.4, 0.5) is 8.78 Å². The number of aromatic nitrogens is 6. The third-order valence-electron chi connectivity index (χ3n) is 7.87. The van der Waals surface area contributed by atoms with Crippen LogP contribution in [-0.4, -0.2) is 35.4 Å². The summed E-state index contributed by atoms with van der Waals surface area (Å²) in [7, 11) is 0. The molecule has 1 aromatic carbocycles. The van der Waals surface area contributed by atoms with Gasteiger partial charge >= 0.3 is 0 Å². The minimum atomic E-state index is -1.26. The molecule has 10 heteroatoms. The van der Waals surface area contributed by atoms with Gasteiger partial charge in [0.05, 0.1) is 34.3 Å². The van der Waals surface area contributed by atoms with Crippen molar-refractivity contribution >= 4 is 0 Å². The van der Waals surface area contributed by atoms with E-state index in [0.29, 0.717) is 11.4 Å². The fourth-order valence-electron chi connectivity index (χ4n) is 6.01. The Morgan fingerprint density at radius 3 is 2.50 bits per heavy atom. The number of rotatable bonds is 4. The molecule has 0 spiro atoms. The van der Waals surface area contributed by atoms with E-state index in [0.717, 1.165) is 24.1 Å². The van der Waals surface area contributed by atoms with Crippen LogP contribution >= 0.6 is 0 Å². The predicted octanol–water partition coefficient (Wildman–Crippen LogP) is 4.69. The highest BCUT2D eigenvalue weighted by Crippen LogP contribution is 2.69. The monoisotopic (exact) mass is 490 g/mol. The summed E-state index contributed by atoms with van der Waals surface area (Å²) in [5.41, 5.74) is 0.568. The first-order valence-electron chi connectivity index (χ1n) is 11.8. The maximum absolute atomic E-state index is 14.5. The molecule has 0 amide bonds. The Balaban J connectivity index is 1.48. The van der Waals surface area contributed by atoms with Crippen molar-refractivity contribution in [3.05, 3.63) is 71.1 Å². The van der Waals surface area contributed by atoms with Crippen molar-refractivity contribution in [1.82, 2.24) is 30.3 Å². The average Bonchev–Trinajstić information content (AvgIpc) is 3.48. The molecule has 2 atom stereocenters. The summed E-state index contributed by atoms with van der Waals surface area (Å²) >= 11 is 0. The van der Waals surface area contributed by atoms with Crippen molar-refractivity contribution < 1.29 is 18.4 Å². The van der Waals surface area contributed by atoms with E-state index in [1.54, 1.807) is 26.1 Å². The normalized spacial score (nSPS) is 22.1. The SMILES string of the molecule is CC(C)(O)c1noc(-c2cncc([C@@]34CCC(c5cc(-c6c(F)cccc6F)nnc53)C4(C)C)n2)n1. The van der Waals surface area contributed by atoms with Gasteiger partial charge in [-0.1, -0.05) is 25.1 Å². The third-order valence-corrected chi connectivity index (χ3v) is 7.87. The molecule has 1 unspecified atom stereocenters. The first-order valence-corrected chi connectivity index (χ1v) is 11.8. The van der Waals surface area contributed by atoms with E-state index in [-0.39, 0.29) is 34.3 Å². The van der Waals surface area contributed by atoms with Gasteiger partial charge in [0.25, 0.3) is 5.89 Å². The molecule has 2 bridgehead atoms. The number of hydrogen-bond acceptors (Lipinski definition) is 8. The summed E-state index contributed by atoms with van der Waals surface area (Å²) in [6.07, 6.45) is 4.88. The first-order chi connectivity index (χ1) is 17.0. The maximum atomic E-state index is 14.5. The molecule has 2 aliphatic carbocycles. The molecular formula is C26H24F2N6O2. The van der Waals surface area contributed by atoms with Gasteiger partial charge in [0, 0.05) is 6.20 Å².